The van der Waals surface area contributed by atoms with Crippen molar-refractivity contribution >= 4 is 55.3 Å². The van der Waals surface area contributed by atoms with Crippen LogP contribution in [-0.4, -0.2) is 10.9 Å². The largest absolute Gasteiger partial charge is 0.422 e. The topological polar surface area (TPSA) is 96.0 Å². The van der Waals surface area contributed by atoms with E-state index in [-0.39, 0.29) is 5.56 Å². The fraction of sp³-hybridized carbons (Fsp3) is 0. The van der Waals surface area contributed by atoms with Gasteiger partial charge in [-0.25, -0.2) is 9.78 Å². The fourth-order valence-corrected chi connectivity index (χ4v) is 3.85. The molecule has 8 heteroatoms. The number of thiazole rings is 1. The average Bonchev–Trinajstić information content (AvgIpc) is 3.02. The molecule has 0 bridgehead atoms. The number of rotatable bonds is 3. The van der Waals surface area contributed by atoms with Gasteiger partial charge in [-0.1, -0.05) is 29.5 Å². The monoisotopic (exact) mass is 379 g/mol. The number of carbonyl (C=O) groups excluding carboxylic acids is 1. The third kappa shape index (κ3) is 3.06. The number of nitriles is 1. The Morgan fingerprint density at radius 3 is 2.92 bits per heavy atom. The Morgan fingerprint density at radius 2 is 2.08 bits per heavy atom. The molecule has 1 amide bonds. The minimum Gasteiger partial charge on any atom is -0.422 e. The maximum Gasteiger partial charge on any atom is 0.349 e. The number of para-hydroxylation sites is 1. The zero-order valence-corrected chi connectivity index (χ0v) is 14.7. The minimum atomic E-state index is -0.699. The highest BCUT2D eigenvalue weighted by Gasteiger charge is 2.16. The molecule has 0 spiro atoms. The fourth-order valence-electron chi connectivity index (χ4n) is 2.46. The molecule has 0 atom stereocenters. The quantitative estimate of drug-likeness (QED) is 0.325. The van der Waals surface area contributed by atoms with Gasteiger partial charge in [-0.15, -0.1) is 0 Å². The number of amides is 1. The molecule has 4 rings (SSSR count). The Labute approximate surface area is 155 Å². The predicted molar refractivity (Wildman–Crippen MR) is 102 cm³/mol. The van der Waals surface area contributed by atoms with Crippen LogP contribution in [0.3, 0.4) is 0 Å². The van der Waals surface area contributed by atoms with Gasteiger partial charge in [0.25, 0.3) is 5.91 Å². The van der Waals surface area contributed by atoms with Crippen LogP contribution in [0, 0.1) is 10.7 Å². The maximum absolute atomic E-state index is 12.5. The van der Waals surface area contributed by atoms with E-state index in [1.807, 2.05) is 11.5 Å². The Balaban J connectivity index is 1.66. The average molecular weight is 379 g/mol. The zero-order valence-electron chi connectivity index (χ0n) is 13.1. The molecule has 0 aliphatic heterocycles. The molecular weight excluding hydrogens is 370 g/mol. The number of hydrogen-bond acceptors (Lipinski definition) is 7. The van der Waals surface area contributed by atoms with Gasteiger partial charge in [0.2, 0.25) is 0 Å². The Morgan fingerprint density at radius 1 is 1.23 bits per heavy atom. The van der Waals surface area contributed by atoms with Crippen molar-refractivity contribution in [3.05, 3.63) is 64.5 Å². The molecule has 1 N–H and O–H groups in total. The van der Waals surface area contributed by atoms with Crippen LogP contribution in [0.5, 0.6) is 0 Å². The van der Waals surface area contributed by atoms with Crippen molar-refractivity contribution in [3.8, 4) is 5.40 Å². The van der Waals surface area contributed by atoms with E-state index in [1.165, 1.54) is 17.4 Å². The molecule has 0 aliphatic rings. The van der Waals surface area contributed by atoms with Crippen molar-refractivity contribution in [1.29, 1.82) is 5.26 Å². The van der Waals surface area contributed by atoms with Gasteiger partial charge in [0.15, 0.2) is 5.13 Å². The van der Waals surface area contributed by atoms with Gasteiger partial charge in [-0.3, -0.25) is 10.1 Å². The lowest BCUT2D eigenvalue weighted by atomic mass is 10.2. The lowest BCUT2D eigenvalue weighted by Crippen LogP contribution is -2.20. The lowest BCUT2D eigenvalue weighted by molar-refractivity contribution is 0.102. The van der Waals surface area contributed by atoms with Crippen molar-refractivity contribution in [2.24, 2.45) is 0 Å². The molecule has 2 heterocycles. The van der Waals surface area contributed by atoms with Crippen molar-refractivity contribution in [2.75, 3.05) is 5.32 Å². The number of carbonyl (C=O) groups is 1. The minimum absolute atomic E-state index is 0.0799. The molecule has 0 saturated heterocycles. The second-order valence-electron chi connectivity index (χ2n) is 5.28. The molecule has 6 nitrogen and oxygen atoms in total. The standard InChI is InChI=1S/C18H9N3O3S2/c19-9-25-11-5-6-13-15(8-11)26-18(20-13)21-16(22)12-7-10-3-1-2-4-14(10)24-17(12)23/h1-8H,(H,20,21,22). The van der Waals surface area contributed by atoms with Crippen LogP contribution in [0.15, 0.2) is 62.6 Å². The van der Waals surface area contributed by atoms with Gasteiger partial charge in [-0.05, 0) is 42.1 Å². The third-order valence-corrected chi connectivity index (χ3v) is 5.14. The number of hydrogen-bond donors (Lipinski definition) is 1. The molecule has 0 saturated carbocycles. The molecular formula is C18H9N3O3S2. The lowest BCUT2D eigenvalue weighted by Gasteiger charge is -2.02. The first-order chi connectivity index (χ1) is 12.6. The van der Waals surface area contributed by atoms with E-state index in [0.717, 1.165) is 21.4 Å². The first-order valence-corrected chi connectivity index (χ1v) is 9.08. The van der Waals surface area contributed by atoms with E-state index < -0.39 is 11.5 Å². The number of benzene rings is 2. The summed E-state index contributed by atoms with van der Waals surface area (Å²) in [5.41, 5.74) is 0.355. The second-order valence-corrected chi connectivity index (χ2v) is 7.17. The highest BCUT2D eigenvalue weighted by molar-refractivity contribution is 8.03. The van der Waals surface area contributed by atoms with Gasteiger partial charge in [0.1, 0.15) is 16.5 Å². The van der Waals surface area contributed by atoms with Crippen molar-refractivity contribution < 1.29 is 9.21 Å². The molecule has 2 aromatic carbocycles. The van der Waals surface area contributed by atoms with E-state index in [1.54, 1.807) is 36.4 Å². The SMILES string of the molecule is N#CSc1ccc2nc(NC(=O)c3cc4ccccc4oc3=O)sc2c1. The molecule has 0 unspecified atom stereocenters. The second kappa shape index (κ2) is 6.63. The molecule has 2 aromatic heterocycles. The van der Waals surface area contributed by atoms with Crippen LogP contribution in [0.25, 0.3) is 21.2 Å². The van der Waals surface area contributed by atoms with Gasteiger partial charge >= 0.3 is 5.63 Å². The summed E-state index contributed by atoms with van der Waals surface area (Å²) >= 11 is 2.33. The summed E-state index contributed by atoms with van der Waals surface area (Å²) in [5.74, 6) is -0.574. The van der Waals surface area contributed by atoms with Crippen molar-refractivity contribution in [3.63, 3.8) is 0 Å². The summed E-state index contributed by atoms with van der Waals surface area (Å²) < 4.78 is 6.03. The van der Waals surface area contributed by atoms with Crippen molar-refractivity contribution in [2.45, 2.75) is 4.90 Å². The first kappa shape index (κ1) is 16.3. The van der Waals surface area contributed by atoms with E-state index in [0.29, 0.717) is 21.6 Å². The van der Waals surface area contributed by atoms with Crippen LogP contribution in [0.2, 0.25) is 0 Å². The summed E-state index contributed by atoms with van der Waals surface area (Å²) in [5, 5.41) is 14.4. The summed E-state index contributed by atoms with van der Waals surface area (Å²) in [6.45, 7) is 0. The molecule has 0 fully saturated rings. The van der Waals surface area contributed by atoms with Gasteiger partial charge in [-0.2, -0.15) is 5.26 Å². The first-order valence-electron chi connectivity index (χ1n) is 7.45. The number of thiocyanates is 1. The van der Waals surface area contributed by atoms with E-state index in [2.05, 4.69) is 10.3 Å². The van der Waals surface area contributed by atoms with Gasteiger partial charge < -0.3 is 4.42 Å². The van der Waals surface area contributed by atoms with Crippen molar-refractivity contribution in [1.82, 2.24) is 4.98 Å². The Bertz CT molecular complexity index is 1250. The number of nitrogens with one attached hydrogen (secondary N) is 1. The highest BCUT2D eigenvalue weighted by Crippen LogP contribution is 2.30. The number of nitrogens with zero attached hydrogens (tertiary/aromatic N) is 2. The molecule has 26 heavy (non-hydrogen) atoms. The summed E-state index contributed by atoms with van der Waals surface area (Å²) in [7, 11) is 0. The number of anilines is 1. The van der Waals surface area contributed by atoms with E-state index in [9.17, 15) is 9.59 Å². The summed E-state index contributed by atoms with van der Waals surface area (Å²) in [6, 6.07) is 13.9. The Hall–Kier alpha value is -3.15. The molecule has 0 aliphatic carbocycles. The maximum atomic E-state index is 12.5. The highest BCUT2D eigenvalue weighted by atomic mass is 32.2. The van der Waals surface area contributed by atoms with Gasteiger partial charge in [0, 0.05) is 10.3 Å². The number of thioether (sulfide) groups is 1. The third-order valence-electron chi connectivity index (χ3n) is 3.63. The van der Waals surface area contributed by atoms with Crippen LogP contribution >= 0.6 is 23.1 Å². The Kier molecular flexibility index (Phi) is 4.16. The van der Waals surface area contributed by atoms with Gasteiger partial charge in [0.05, 0.1) is 10.2 Å². The summed E-state index contributed by atoms with van der Waals surface area (Å²) in [6.07, 6.45) is 0. The van der Waals surface area contributed by atoms with E-state index >= 15 is 0 Å². The molecule has 126 valence electrons. The van der Waals surface area contributed by atoms with Crippen LogP contribution < -0.4 is 10.9 Å². The summed E-state index contributed by atoms with van der Waals surface area (Å²) in [4.78, 5) is 29.7. The van der Waals surface area contributed by atoms with E-state index in [4.69, 9.17) is 9.68 Å². The van der Waals surface area contributed by atoms with Crippen LogP contribution in [-0.2, 0) is 0 Å². The van der Waals surface area contributed by atoms with Crippen LogP contribution in [0.1, 0.15) is 10.4 Å². The smallest absolute Gasteiger partial charge is 0.349 e. The normalized spacial score (nSPS) is 10.7. The zero-order chi connectivity index (χ0) is 18.1. The van der Waals surface area contributed by atoms with Crippen LogP contribution in [0.4, 0.5) is 5.13 Å². The predicted octanol–water partition coefficient (Wildman–Crippen LogP) is 4.23. The number of fused-ring (bicyclic) bond motifs is 2. The molecule has 4 aromatic rings. The molecule has 0 radical (unpaired) electrons. The number of aromatic nitrogens is 1.